The van der Waals surface area contributed by atoms with Crippen molar-refractivity contribution in [3.63, 3.8) is 0 Å². The van der Waals surface area contributed by atoms with Crippen LogP contribution in [-0.4, -0.2) is 27.3 Å². The Hall–Kier alpha value is -1.43. The van der Waals surface area contributed by atoms with Crippen LogP contribution in [0.15, 0.2) is 28.2 Å². The predicted octanol–water partition coefficient (Wildman–Crippen LogP) is 8.45. The Morgan fingerprint density at radius 1 is 0.750 bits per heavy atom. The lowest BCUT2D eigenvalue weighted by molar-refractivity contribution is 0.558. The molecule has 0 radical (unpaired) electrons. The summed E-state index contributed by atoms with van der Waals surface area (Å²) in [5.74, 6) is 0.138. The summed E-state index contributed by atoms with van der Waals surface area (Å²) in [7, 11) is -3.45. The van der Waals surface area contributed by atoms with E-state index in [0.29, 0.717) is 6.42 Å². The van der Waals surface area contributed by atoms with Crippen LogP contribution in [0.4, 0.5) is 11.4 Å². The number of nitrogens with one attached hydrogen (secondary N) is 1. The van der Waals surface area contributed by atoms with E-state index < -0.39 is 9.84 Å². The molecule has 0 heterocycles. The molecule has 0 bridgehead atoms. The van der Waals surface area contributed by atoms with Gasteiger partial charge >= 0.3 is 0 Å². The number of benzene rings is 1. The summed E-state index contributed by atoms with van der Waals surface area (Å²) in [4.78, 5) is 2.50. The van der Waals surface area contributed by atoms with E-state index in [2.05, 4.69) is 30.8 Å². The van der Waals surface area contributed by atoms with Crippen molar-refractivity contribution in [1.82, 2.24) is 0 Å². The molecule has 0 amide bonds. The second kappa shape index (κ2) is 17.1. The van der Waals surface area contributed by atoms with E-state index in [1.165, 1.54) is 44.9 Å². The molecule has 0 saturated heterocycles. The molecule has 1 N–H and O–H groups in total. The average Bonchev–Trinajstić information content (AvgIpc) is 2.80. The van der Waals surface area contributed by atoms with Gasteiger partial charge in [-0.15, -0.1) is 0 Å². The molecule has 1 aromatic carbocycles. The van der Waals surface area contributed by atoms with Crippen LogP contribution in [0.2, 0.25) is 0 Å². The summed E-state index contributed by atoms with van der Waals surface area (Å²) in [6, 6.07) is 5.36. The second-order valence-electron chi connectivity index (χ2n) is 8.96. The Balaban J connectivity index is 2.67. The molecule has 6 heteroatoms. The number of anilines is 1. The van der Waals surface area contributed by atoms with Crippen LogP contribution in [0.5, 0.6) is 0 Å². The van der Waals surface area contributed by atoms with Crippen molar-refractivity contribution in [2.24, 2.45) is 5.11 Å². The fourth-order valence-corrected chi connectivity index (χ4v) is 5.54. The zero-order valence-corrected chi connectivity index (χ0v) is 21.7. The van der Waals surface area contributed by atoms with Gasteiger partial charge in [-0.2, -0.15) is 5.11 Å². The number of sulfone groups is 1. The number of rotatable bonds is 20. The van der Waals surface area contributed by atoms with Crippen LogP contribution in [0.1, 0.15) is 111 Å². The van der Waals surface area contributed by atoms with Gasteiger partial charge in [0.2, 0.25) is 0 Å². The molecule has 32 heavy (non-hydrogen) atoms. The van der Waals surface area contributed by atoms with Crippen LogP contribution in [0.3, 0.4) is 0 Å². The lowest BCUT2D eigenvalue weighted by Crippen LogP contribution is -2.25. The highest BCUT2D eigenvalue weighted by atomic mass is 32.2. The minimum Gasteiger partial charge on any atom is -0.372 e. The van der Waals surface area contributed by atoms with Crippen LogP contribution in [0, 0.1) is 5.53 Å². The van der Waals surface area contributed by atoms with Gasteiger partial charge in [0.25, 0.3) is 0 Å². The number of unbranched alkanes of at least 4 members (excludes halogenated alkanes) is 11. The SMILES string of the molecule is CCCCCCCCCCCCS(=O)(=O)c1cc(N(CCCC)CCCC)ccc1N=N. The third-order valence-electron chi connectivity index (χ3n) is 6.09. The molecule has 1 aromatic rings. The molecule has 0 fully saturated rings. The van der Waals surface area contributed by atoms with Crippen LogP contribution < -0.4 is 4.90 Å². The van der Waals surface area contributed by atoms with E-state index in [0.717, 1.165) is 57.3 Å². The van der Waals surface area contributed by atoms with Gasteiger partial charge in [0.15, 0.2) is 9.84 Å². The molecule has 0 aliphatic rings. The van der Waals surface area contributed by atoms with Crippen LogP contribution in [0.25, 0.3) is 0 Å². The summed E-state index contributed by atoms with van der Waals surface area (Å²) in [6.07, 6.45) is 16.1. The minimum absolute atomic E-state index is 0.138. The maximum Gasteiger partial charge on any atom is 0.180 e. The van der Waals surface area contributed by atoms with Gasteiger partial charge in [-0.05, 0) is 37.5 Å². The van der Waals surface area contributed by atoms with E-state index in [4.69, 9.17) is 5.53 Å². The second-order valence-corrected chi connectivity index (χ2v) is 11.0. The van der Waals surface area contributed by atoms with Gasteiger partial charge in [-0.25, -0.2) is 13.9 Å². The smallest absolute Gasteiger partial charge is 0.180 e. The highest BCUT2D eigenvalue weighted by Crippen LogP contribution is 2.31. The Labute approximate surface area is 197 Å². The normalized spacial score (nSPS) is 11.6. The van der Waals surface area contributed by atoms with Gasteiger partial charge in [0.05, 0.1) is 10.6 Å². The Morgan fingerprint density at radius 3 is 1.75 bits per heavy atom. The molecular formula is C26H47N3O2S. The first-order chi connectivity index (χ1) is 15.5. The molecule has 0 saturated carbocycles. The van der Waals surface area contributed by atoms with Crippen molar-refractivity contribution in [2.45, 2.75) is 116 Å². The topological polar surface area (TPSA) is 73.6 Å². The maximum atomic E-state index is 13.1. The average molecular weight is 466 g/mol. The number of hydrogen-bond donors (Lipinski definition) is 1. The molecule has 1 rings (SSSR count). The molecule has 0 aliphatic heterocycles. The predicted molar refractivity (Wildman–Crippen MR) is 137 cm³/mol. The van der Waals surface area contributed by atoms with E-state index in [1.807, 2.05) is 6.07 Å². The van der Waals surface area contributed by atoms with Crippen molar-refractivity contribution < 1.29 is 8.42 Å². The fourth-order valence-electron chi connectivity index (χ4n) is 4.00. The first-order valence-corrected chi connectivity index (χ1v) is 14.6. The fraction of sp³-hybridized carbons (Fsp3) is 0.769. The summed E-state index contributed by atoms with van der Waals surface area (Å²) >= 11 is 0. The van der Waals surface area contributed by atoms with Gasteiger partial charge in [0.1, 0.15) is 5.69 Å². The molecule has 0 spiro atoms. The van der Waals surface area contributed by atoms with Crippen molar-refractivity contribution >= 4 is 21.2 Å². The molecule has 0 atom stereocenters. The van der Waals surface area contributed by atoms with Crippen molar-refractivity contribution in [2.75, 3.05) is 23.7 Å². The third kappa shape index (κ3) is 10.9. The Kier molecular flexibility index (Phi) is 15.3. The Morgan fingerprint density at radius 2 is 1.25 bits per heavy atom. The molecule has 0 aromatic heterocycles. The largest absolute Gasteiger partial charge is 0.372 e. The lowest BCUT2D eigenvalue weighted by Gasteiger charge is -2.25. The van der Waals surface area contributed by atoms with E-state index in [9.17, 15) is 8.42 Å². The first kappa shape index (κ1) is 28.6. The van der Waals surface area contributed by atoms with Crippen molar-refractivity contribution in [3.8, 4) is 0 Å². The summed E-state index contributed by atoms with van der Waals surface area (Å²) in [6.45, 7) is 8.42. The quantitative estimate of drug-likeness (QED) is 0.155. The third-order valence-corrected chi connectivity index (χ3v) is 7.92. The highest BCUT2D eigenvalue weighted by Gasteiger charge is 2.20. The molecule has 0 aliphatic carbocycles. The van der Waals surface area contributed by atoms with Crippen molar-refractivity contribution in [3.05, 3.63) is 18.2 Å². The number of nitrogens with zero attached hydrogens (tertiary/aromatic N) is 2. The van der Waals surface area contributed by atoms with Crippen LogP contribution in [-0.2, 0) is 9.84 Å². The van der Waals surface area contributed by atoms with Gasteiger partial charge in [0, 0.05) is 18.8 Å². The van der Waals surface area contributed by atoms with E-state index in [1.54, 1.807) is 12.1 Å². The van der Waals surface area contributed by atoms with E-state index in [-0.39, 0.29) is 16.3 Å². The zero-order chi connectivity index (χ0) is 23.7. The zero-order valence-electron chi connectivity index (χ0n) is 20.9. The molecule has 5 nitrogen and oxygen atoms in total. The standard InChI is InChI=1S/C26H47N3O2S/c1-4-7-10-11-12-13-14-15-16-17-22-32(30,31)26-23-24(18-19-25(26)28-27)29(20-8-5-2)21-9-6-3/h18-19,23,27H,4-17,20-22H2,1-3H3. The highest BCUT2D eigenvalue weighted by molar-refractivity contribution is 7.91. The molecule has 184 valence electrons. The maximum absolute atomic E-state index is 13.1. The number of hydrogen-bond acceptors (Lipinski definition) is 5. The van der Waals surface area contributed by atoms with Gasteiger partial charge in [-0.1, -0.05) is 91.4 Å². The first-order valence-electron chi connectivity index (χ1n) is 13.0. The lowest BCUT2D eigenvalue weighted by atomic mass is 10.1. The minimum atomic E-state index is -3.45. The Bertz CT molecular complexity index is 727. The van der Waals surface area contributed by atoms with E-state index >= 15 is 0 Å². The molecule has 0 unspecified atom stereocenters. The summed E-state index contributed by atoms with van der Waals surface area (Å²) in [5.41, 5.74) is 8.65. The summed E-state index contributed by atoms with van der Waals surface area (Å²) in [5, 5.41) is 3.51. The van der Waals surface area contributed by atoms with Gasteiger partial charge < -0.3 is 4.90 Å². The van der Waals surface area contributed by atoms with Gasteiger partial charge in [-0.3, -0.25) is 0 Å². The van der Waals surface area contributed by atoms with Crippen LogP contribution >= 0.6 is 0 Å². The monoisotopic (exact) mass is 465 g/mol. The van der Waals surface area contributed by atoms with Crippen molar-refractivity contribution in [1.29, 1.82) is 5.53 Å². The summed E-state index contributed by atoms with van der Waals surface area (Å²) < 4.78 is 26.2. The molecular weight excluding hydrogens is 418 g/mol.